The number of hydrogen-bond acceptors (Lipinski definition) is 4. The van der Waals surface area contributed by atoms with Crippen LogP contribution in [0.4, 0.5) is 0 Å². The predicted molar refractivity (Wildman–Crippen MR) is 80.4 cm³/mol. The number of likely N-dealkylation sites (N-methyl/N-ethyl adjacent to an activating group) is 1. The van der Waals surface area contributed by atoms with Gasteiger partial charge in [0.15, 0.2) is 5.17 Å². The number of nitrogens with one attached hydrogen (secondary N) is 1. The Morgan fingerprint density at radius 2 is 2.21 bits per heavy atom. The molecule has 0 aliphatic carbocycles. The lowest BCUT2D eigenvalue weighted by molar-refractivity contribution is -0.124. The van der Waals surface area contributed by atoms with Gasteiger partial charge in [-0.25, -0.2) is 0 Å². The van der Waals surface area contributed by atoms with Crippen molar-refractivity contribution >= 4 is 22.8 Å². The highest BCUT2D eigenvalue weighted by molar-refractivity contribution is 8.14. The summed E-state index contributed by atoms with van der Waals surface area (Å²) in [5.74, 6) is 0.943. The first kappa shape index (κ1) is 14.1. The Morgan fingerprint density at radius 3 is 2.79 bits per heavy atom. The zero-order valence-electron chi connectivity index (χ0n) is 11.3. The van der Waals surface area contributed by atoms with Crippen LogP contribution in [0.25, 0.3) is 0 Å². The first-order valence-electron chi connectivity index (χ1n) is 6.45. The topological polar surface area (TPSA) is 44.7 Å². The Hall–Kier alpha value is -1.33. The molecule has 19 heavy (non-hydrogen) atoms. The van der Waals surface area contributed by atoms with Gasteiger partial charge in [-0.15, -0.1) is 0 Å². The number of nitrogens with zero attached hydrogens (tertiary/aromatic N) is 2. The second-order valence-electron chi connectivity index (χ2n) is 4.41. The Morgan fingerprint density at radius 1 is 1.47 bits per heavy atom. The fraction of sp³-hybridized carbons (Fsp3) is 0.429. The van der Waals surface area contributed by atoms with Gasteiger partial charge in [0.05, 0.1) is 6.54 Å². The van der Waals surface area contributed by atoms with Crippen LogP contribution in [0.1, 0.15) is 18.5 Å². The van der Waals surface area contributed by atoms with E-state index in [1.807, 2.05) is 49.2 Å². The minimum Gasteiger partial charge on any atom is -0.304 e. The maximum atomic E-state index is 12.5. The van der Waals surface area contributed by atoms with Crippen molar-refractivity contribution in [2.45, 2.75) is 13.0 Å². The predicted octanol–water partition coefficient (Wildman–Crippen LogP) is 1.90. The van der Waals surface area contributed by atoms with Crippen LogP contribution in [0, 0.1) is 0 Å². The van der Waals surface area contributed by atoms with Gasteiger partial charge in [0.2, 0.25) is 5.91 Å². The monoisotopic (exact) mass is 277 g/mol. The van der Waals surface area contributed by atoms with E-state index >= 15 is 0 Å². The number of amides is 1. The summed E-state index contributed by atoms with van der Waals surface area (Å²) in [6.45, 7) is 3.65. The van der Waals surface area contributed by atoms with Gasteiger partial charge in [-0.2, -0.15) is 0 Å². The molecule has 0 saturated heterocycles. The molecule has 102 valence electrons. The van der Waals surface area contributed by atoms with Crippen molar-refractivity contribution in [1.82, 2.24) is 10.2 Å². The summed E-state index contributed by atoms with van der Waals surface area (Å²) < 4.78 is 0. The van der Waals surface area contributed by atoms with Crippen LogP contribution < -0.4 is 5.32 Å². The molecule has 4 nitrogen and oxygen atoms in total. The highest BCUT2D eigenvalue weighted by Crippen LogP contribution is 2.20. The van der Waals surface area contributed by atoms with E-state index in [0.29, 0.717) is 0 Å². The molecule has 1 amide bonds. The Labute approximate surface area is 118 Å². The lowest BCUT2D eigenvalue weighted by Gasteiger charge is -2.26. The van der Waals surface area contributed by atoms with Gasteiger partial charge in [0, 0.05) is 5.75 Å². The number of benzene rings is 1. The van der Waals surface area contributed by atoms with E-state index in [1.54, 1.807) is 11.8 Å². The zero-order chi connectivity index (χ0) is 13.7. The quantitative estimate of drug-likeness (QED) is 0.914. The summed E-state index contributed by atoms with van der Waals surface area (Å²) in [6, 6.07) is 9.58. The first-order chi connectivity index (χ1) is 9.22. The molecule has 1 N–H and O–H groups in total. The summed E-state index contributed by atoms with van der Waals surface area (Å²) in [5.41, 5.74) is 1.01. The van der Waals surface area contributed by atoms with Gasteiger partial charge in [-0.05, 0) is 19.2 Å². The highest BCUT2D eigenvalue weighted by Gasteiger charge is 2.25. The summed E-state index contributed by atoms with van der Waals surface area (Å²) in [6.07, 6.45) is 0. The van der Waals surface area contributed by atoms with Crippen molar-refractivity contribution in [3.05, 3.63) is 35.9 Å². The molecule has 0 radical (unpaired) electrons. The number of aliphatic imine (C=N–C) groups is 1. The summed E-state index contributed by atoms with van der Waals surface area (Å²) in [5, 5.41) is 3.67. The minimum atomic E-state index is -0.268. The van der Waals surface area contributed by atoms with Crippen molar-refractivity contribution in [2.24, 2.45) is 4.99 Å². The molecule has 0 bridgehead atoms. The van der Waals surface area contributed by atoms with E-state index in [1.165, 1.54) is 0 Å². The fourth-order valence-corrected chi connectivity index (χ4v) is 2.74. The van der Waals surface area contributed by atoms with Gasteiger partial charge in [0.25, 0.3) is 0 Å². The van der Waals surface area contributed by atoms with Gasteiger partial charge >= 0.3 is 0 Å². The van der Waals surface area contributed by atoms with Crippen molar-refractivity contribution in [3.8, 4) is 0 Å². The average Bonchev–Trinajstić information content (AvgIpc) is 2.93. The van der Waals surface area contributed by atoms with Crippen LogP contribution in [0.15, 0.2) is 35.3 Å². The number of thioether (sulfide) groups is 1. The molecule has 1 atom stereocenters. The van der Waals surface area contributed by atoms with Gasteiger partial charge in [-0.3, -0.25) is 14.7 Å². The lowest BCUT2D eigenvalue weighted by Crippen LogP contribution is -2.40. The normalized spacial score (nSPS) is 16.3. The molecule has 0 aromatic heterocycles. The third-order valence-electron chi connectivity index (χ3n) is 3.12. The van der Waals surface area contributed by atoms with Crippen LogP contribution in [-0.2, 0) is 4.79 Å². The van der Waals surface area contributed by atoms with Crippen LogP contribution >= 0.6 is 11.8 Å². The largest absolute Gasteiger partial charge is 0.304 e. The highest BCUT2D eigenvalue weighted by atomic mass is 32.2. The molecule has 1 aliphatic heterocycles. The van der Waals surface area contributed by atoms with E-state index < -0.39 is 0 Å². The maximum absolute atomic E-state index is 12.5. The molecule has 1 heterocycles. The van der Waals surface area contributed by atoms with Gasteiger partial charge in [-0.1, -0.05) is 49.0 Å². The van der Waals surface area contributed by atoms with Crippen LogP contribution in [-0.4, -0.2) is 41.9 Å². The van der Waals surface area contributed by atoms with E-state index in [4.69, 9.17) is 0 Å². The summed E-state index contributed by atoms with van der Waals surface area (Å²) in [4.78, 5) is 18.8. The maximum Gasteiger partial charge on any atom is 0.247 e. The number of carbonyl (C=O) groups is 1. The van der Waals surface area contributed by atoms with Crippen molar-refractivity contribution < 1.29 is 4.79 Å². The smallest absolute Gasteiger partial charge is 0.247 e. The SMILES string of the molecule is CCN(C)C(C(=O)NC1=NCCS1)c1ccccc1. The van der Waals surface area contributed by atoms with Crippen molar-refractivity contribution in [3.63, 3.8) is 0 Å². The number of amidine groups is 1. The van der Waals surface area contributed by atoms with E-state index in [0.717, 1.165) is 29.6 Å². The third-order valence-corrected chi connectivity index (χ3v) is 4.01. The molecule has 0 spiro atoms. The summed E-state index contributed by atoms with van der Waals surface area (Å²) >= 11 is 1.60. The van der Waals surface area contributed by atoms with E-state index in [9.17, 15) is 4.79 Å². The van der Waals surface area contributed by atoms with Gasteiger partial charge in [0.1, 0.15) is 6.04 Å². The first-order valence-corrected chi connectivity index (χ1v) is 7.44. The average molecular weight is 277 g/mol. The Kier molecular flexibility index (Phi) is 4.99. The molecule has 1 aliphatic rings. The summed E-state index contributed by atoms with van der Waals surface area (Å²) in [7, 11) is 1.96. The lowest BCUT2D eigenvalue weighted by atomic mass is 10.1. The molecule has 5 heteroatoms. The molecule has 2 rings (SSSR count). The molecule has 1 aromatic rings. The molecule has 0 saturated carbocycles. The van der Waals surface area contributed by atoms with Crippen LogP contribution in [0.2, 0.25) is 0 Å². The number of hydrogen-bond donors (Lipinski definition) is 1. The van der Waals surface area contributed by atoms with Crippen LogP contribution in [0.5, 0.6) is 0 Å². The minimum absolute atomic E-state index is 0.0105. The molecular weight excluding hydrogens is 258 g/mol. The Bertz CT molecular complexity index is 461. The second kappa shape index (κ2) is 6.73. The van der Waals surface area contributed by atoms with Crippen LogP contribution in [0.3, 0.4) is 0 Å². The number of rotatable bonds is 4. The Balaban J connectivity index is 2.15. The molecular formula is C14H19N3OS. The van der Waals surface area contributed by atoms with Crippen molar-refractivity contribution in [1.29, 1.82) is 0 Å². The molecule has 1 unspecified atom stereocenters. The van der Waals surface area contributed by atoms with Gasteiger partial charge < -0.3 is 5.32 Å². The fourth-order valence-electron chi connectivity index (χ4n) is 2.01. The standard InChI is InChI=1S/C14H19N3OS/c1-3-17(2)12(11-7-5-4-6-8-11)13(18)16-14-15-9-10-19-14/h4-8,12H,3,9-10H2,1-2H3,(H,15,16,18). The second-order valence-corrected chi connectivity index (χ2v) is 5.49. The van der Waals surface area contributed by atoms with E-state index in [-0.39, 0.29) is 11.9 Å². The molecule has 1 aromatic carbocycles. The molecule has 0 fully saturated rings. The third kappa shape index (κ3) is 3.58. The van der Waals surface area contributed by atoms with E-state index in [2.05, 4.69) is 10.3 Å². The van der Waals surface area contributed by atoms with Crippen molar-refractivity contribution in [2.75, 3.05) is 25.9 Å². The zero-order valence-corrected chi connectivity index (χ0v) is 12.1. The number of carbonyl (C=O) groups excluding carboxylic acids is 1.